The number of carbonyl (C=O) groups excluding carboxylic acids is 4. The summed E-state index contributed by atoms with van der Waals surface area (Å²) in [6, 6.07) is 7.28. The first-order valence-electron chi connectivity index (χ1n) is 24.9. The van der Waals surface area contributed by atoms with Gasteiger partial charge in [-0.25, -0.2) is 0 Å². The van der Waals surface area contributed by atoms with Gasteiger partial charge in [0, 0.05) is 40.2 Å². The van der Waals surface area contributed by atoms with Crippen molar-refractivity contribution < 1.29 is 38.6 Å². The highest BCUT2D eigenvalue weighted by Gasteiger charge is 2.43. The molecule has 0 aliphatic carbocycles. The summed E-state index contributed by atoms with van der Waals surface area (Å²) in [6.45, 7) is 17.4. The topological polar surface area (TPSA) is 146 Å². The number of nitrogens with one attached hydrogen (secondary N) is 1. The zero-order chi connectivity index (χ0) is 47.9. The summed E-state index contributed by atoms with van der Waals surface area (Å²) in [5.74, 6) is -3.48. The van der Waals surface area contributed by atoms with E-state index in [9.17, 15) is 29.1 Å². The molecule has 1 aliphatic rings. The standard InChI is InChI=1S/C52H90N4O8/c1-13-15-16-17-18-19-20-21-22-26-31-54(9)47(37(5)6)50(59)53-46(36(3)4)51(60)55(10)48(38(7)14-2)44(63-11)35-45(58)56-32-27-30-42(56)49(64-12)39(8)43(57)34-41(52(61)62)33-40-28-24-23-25-29-40/h23-25,28-29,36-39,41-42,44,46-49H,13-22,26-27,30-35H2,1-12H3,(H,53,59)(H,61,62)/t38-,39-,41+,42-,44+,46-,47-,48-,49+/m0/s1. The zero-order valence-electron chi connectivity index (χ0n) is 42.1. The summed E-state index contributed by atoms with van der Waals surface area (Å²) in [7, 11) is 6.87. The number of unbranched alkanes of at least 4 members (excludes halogenated alkanes) is 9. The smallest absolute Gasteiger partial charge is 0.307 e. The minimum atomic E-state index is -1.02. The molecule has 1 aliphatic heterocycles. The van der Waals surface area contributed by atoms with E-state index in [4.69, 9.17) is 9.47 Å². The van der Waals surface area contributed by atoms with Crippen LogP contribution in [0.5, 0.6) is 0 Å². The van der Waals surface area contributed by atoms with Crippen LogP contribution in [-0.4, -0.2) is 127 Å². The number of ether oxygens (including phenoxy) is 2. The third-order valence-electron chi connectivity index (χ3n) is 13.9. The molecule has 2 N–H and O–H groups in total. The Kier molecular flexibility index (Phi) is 26.6. The van der Waals surface area contributed by atoms with Crippen LogP contribution in [0.25, 0.3) is 0 Å². The molecule has 0 bridgehead atoms. The number of Topliss-reactive ketones (excluding diaryl/α,β-unsaturated/α-hetero) is 1. The van der Waals surface area contributed by atoms with Gasteiger partial charge in [0.2, 0.25) is 17.7 Å². The Bertz CT molecular complexity index is 1520. The van der Waals surface area contributed by atoms with Crippen LogP contribution < -0.4 is 5.32 Å². The van der Waals surface area contributed by atoms with Crippen molar-refractivity contribution >= 4 is 29.5 Å². The molecule has 1 saturated heterocycles. The van der Waals surface area contributed by atoms with E-state index in [1.807, 2.05) is 51.2 Å². The van der Waals surface area contributed by atoms with Crippen LogP contribution in [-0.2, 0) is 39.9 Å². The predicted molar refractivity (Wildman–Crippen MR) is 257 cm³/mol. The van der Waals surface area contributed by atoms with Crippen LogP contribution in [0.15, 0.2) is 30.3 Å². The van der Waals surface area contributed by atoms with Crippen molar-refractivity contribution in [3.05, 3.63) is 35.9 Å². The molecule has 1 aromatic carbocycles. The highest BCUT2D eigenvalue weighted by Crippen LogP contribution is 2.31. The monoisotopic (exact) mass is 899 g/mol. The Balaban J connectivity index is 2.16. The summed E-state index contributed by atoms with van der Waals surface area (Å²) in [5.41, 5.74) is 0.851. The molecule has 366 valence electrons. The fourth-order valence-corrected chi connectivity index (χ4v) is 9.89. The number of benzene rings is 1. The number of likely N-dealkylation sites (N-methyl/N-ethyl adjacent to an activating group) is 2. The van der Waals surface area contributed by atoms with Crippen molar-refractivity contribution in [1.29, 1.82) is 0 Å². The number of likely N-dealkylation sites (tertiary alicyclic amines) is 1. The molecule has 12 heteroatoms. The maximum atomic E-state index is 14.6. The molecule has 1 aromatic rings. The quantitative estimate of drug-likeness (QED) is 0.0662. The van der Waals surface area contributed by atoms with Gasteiger partial charge in [0.25, 0.3) is 0 Å². The maximum Gasteiger partial charge on any atom is 0.307 e. The first-order chi connectivity index (χ1) is 30.4. The average Bonchev–Trinajstić information content (AvgIpc) is 3.75. The largest absolute Gasteiger partial charge is 0.481 e. The van der Waals surface area contributed by atoms with E-state index in [1.54, 1.807) is 30.9 Å². The summed E-state index contributed by atoms with van der Waals surface area (Å²) in [5, 5.41) is 13.2. The highest BCUT2D eigenvalue weighted by atomic mass is 16.5. The molecule has 3 amide bonds. The molecule has 0 spiro atoms. The van der Waals surface area contributed by atoms with Crippen LogP contribution in [0.4, 0.5) is 0 Å². The van der Waals surface area contributed by atoms with Crippen molar-refractivity contribution in [3.8, 4) is 0 Å². The fourth-order valence-electron chi connectivity index (χ4n) is 9.89. The van der Waals surface area contributed by atoms with Crippen LogP contribution >= 0.6 is 0 Å². The Morgan fingerprint density at radius 2 is 1.41 bits per heavy atom. The number of aliphatic carboxylic acids is 1. The van der Waals surface area contributed by atoms with Gasteiger partial charge in [0.05, 0.1) is 42.7 Å². The number of carboxylic acid groups (broad SMARTS) is 1. The number of methoxy groups -OCH3 is 2. The highest BCUT2D eigenvalue weighted by molar-refractivity contribution is 5.90. The van der Waals surface area contributed by atoms with Gasteiger partial charge in [-0.2, -0.15) is 0 Å². The number of hydrogen-bond donors (Lipinski definition) is 2. The second-order valence-electron chi connectivity index (χ2n) is 19.6. The van der Waals surface area contributed by atoms with Crippen LogP contribution in [0, 0.1) is 29.6 Å². The summed E-state index contributed by atoms with van der Waals surface area (Å²) >= 11 is 0. The van der Waals surface area contributed by atoms with E-state index in [0.29, 0.717) is 13.0 Å². The number of carbonyl (C=O) groups is 5. The third-order valence-corrected chi connectivity index (χ3v) is 13.9. The minimum absolute atomic E-state index is 0.00837. The SMILES string of the molecule is CCCCCCCCCCCCN(C)[C@H](C(=O)N[C@H](C(=O)N(C)[C@@H]([C@@H](C)CC)[C@@H](CC(=O)N1CCC[C@H]1[C@H](OC)[C@@H](C)C(=O)C[C@@H](Cc1ccccc1)C(=O)O)OC)C(C)C)C(C)C. The average molecular weight is 899 g/mol. The number of hydrogen-bond acceptors (Lipinski definition) is 8. The maximum absolute atomic E-state index is 14.6. The van der Waals surface area contributed by atoms with Gasteiger partial charge in [-0.3, -0.25) is 28.9 Å². The molecule has 64 heavy (non-hydrogen) atoms. The number of rotatable bonds is 33. The summed E-state index contributed by atoms with van der Waals surface area (Å²) in [4.78, 5) is 74.6. The van der Waals surface area contributed by atoms with E-state index in [1.165, 1.54) is 58.5 Å². The number of ketones is 1. The van der Waals surface area contributed by atoms with E-state index in [-0.39, 0.29) is 72.6 Å². The molecule has 0 unspecified atom stereocenters. The lowest BCUT2D eigenvalue weighted by molar-refractivity contribution is -0.148. The number of nitrogens with zero attached hydrogens (tertiary/aromatic N) is 3. The van der Waals surface area contributed by atoms with Crippen molar-refractivity contribution in [1.82, 2.24) is 20.0 Å². The van der Waals surface area contributed by atoms with Gasteiger partial charge < -0.3 is 29.7 Å². The summed E-state index contributed by atoms with van der Waals surface area (Å²) in [6.07, 6.45) is 13.5. The van der Waals surface area contributed by atoms with E-state index >= 15 is 0 Å². The predicted octanol–water partition coefficient (Wildman–Crippen LogP) is 8.83. The molecule has 12 nitrogen and oxygen atoms in total. The summed E-state index contributed by atoms with van der Waals surface area (Å²) < 4.78 is 12.0. The van der Waals surface area contributed by atoms with E-state index < -0.39 is 42.1 Å². The first kappa shape index (κ1) is 56.8. The van der Waals surface area contributed by atoms with E-state index in [0.717, 1.165) is 37.8 Å². The molecular weight excluding hydrogens is 809 g/mol. The second-order valence-corrected chi connectivity index (χ2v) is 19.6. The van der Waals surface area contributed by atoms with Gasteiger partial charge in [-0.15, -0.1) is 0 Å². The van der Waals surface area contributed by atoms with Gasteiger partial charge in [-0.1, -0.05) is 150 Å². The van der Waals surface area contributed by atoms with Crippen molar-refractivity contribution in [2.45, 2.75) is 194 Å². The Morgan fingerprint density at radius 3 is 1.92 bits per heavy atom. The molecule has 0 radical (unpaired) electrons. The Hall–Kier alpha value is -3.35. The Labute approximate surface area is 388 Å². The van der Waals surface area contributed by atoms with Crippen LogP contribution in [0.3, 0.4) is 0 Å². The Morgan fingerprint density at radius 1 is 0.812 bits per heavy atom. The van der Waals surface area contributed by atoms with Gasteiger partial charge in [-0.05, 0) is 62.6 Å². The molecule has 1 fully saturated rings. The zero-order valence-corrected chi connectivity index (χ0v) is 42.1. The van der Waals surface area contributed by atoms with E-state index in [2.05, 4.69) is 44.8 Å². The van der Waals surface area contributed by atoms with Crippen molar-refractivity contribution in [2.24, 2.45) is 29.6 Å². The molecule has 0 aromatic heterocycles. The third kappa shape index (κ3) is 17.8. The molecular formula is C52H90N4O8. The lowest BCUT2D eigenvalue weighted by atomic mass is 9.85. The number of amides is 3. The van der Waals surface area contributed by atoms with Crippen LogP contribution in [0.2, 0.25) is 0 Å². The van der Waals surface area contributed by atoms with Crippen molar-refractivity contribution in [2.75, 3.05) is 41.4 Å². The van der Waals surface area contributed by atoms with Gasteiger partial charge >= 0.3 is 5.97 Å². The van der Waals surface area contributed by atoms with Crippen LogP contribution in [0.1, 0.15) is 157 Å². The first-order valence-corrected chi connectivity index (χ1v) is 24.9. The second kappa shape index (κ2) is 30.0. The molecule has 1 heterocycles. The lowest BCUT2D eigenvalue weighted by Crippen LogP contribution is -2.60. The molecule has 9 atom stereocenters. The fraction of sp³-hybridized carbons (Fsp3) is 0.788. The minimum Gasteiger partial charge on any atom is -0.481 e. The van der Waals surface area contributed by atoms with Gasteiger partial charge in [0.15, 0.2) is 0 Å². The molecule has 2 rings (SSSR count). The lowest BCUT2D eigenvalue weighted by Gasteiger charge is -2.41. The van der Waals surface area contributed by atoms with Gasteiger partial charge in [0.1, 0.15) is 11.8 Å². The molecule has 0 saturated carbocycles. The van der Waals surface area contributed by atoms with Crippen molar-refractivity contribution in [3.63, 3.8) is 0 Å². The number of carboxylic acids is 1. The normalized spacial score (nSPS) is 18.0.